The molecule has 0 radical (unpaired) electrons. The number of methoxy groups -OCH3 is 1. The first-order valence-corrected chi connectivity index (χ1v) is 10.9. The summed E-state index contributed by atoms with van der Waals surface area (Å²) in [5.41, 5.74) is 5.70. The number of amides is 1. The maximum Gasteiger partial charge on any atom is 0.229 e. The number of rotatable bonds is 5. The molecule has 0 saturated heterocycles. The van der Waals surface area contributed by atoms with Crippen LogP contribution in [0.1, 0.15) is 27.9 Å². The fourth-order valence-corrected chi connectivity index (χ4v) is 4.84. The highest BCUT2D eigenvalue weighted by Gasteiger charge is 2.28. The molecule has 0 spiro atoms. The zero-order valence-corrected chi connectivity index (χ0v) is 17.5. The molecule has 29 heavy (non-hydrogen) atoms. The third kappa shape index (κ3) is 3.96. The molecule has 1 atom stereocenters. The third-order valence-electron chi connectivity index (χ3n) is 5.03. The van der Waals surface area contributed by atoms with E-state index >= 15 is 0 Å². The molecule has 0 bridgehead atoms. The Morgan fingerprint density at radius 2 is 1.93 bits per heavy atom. The quantitative estimate of drug-likeness (QED) is 0.701. The lowest BCUT2D eigenvalue weighted by Crippen LogP contribution is -2.18. The van der Waals surface area contributed by atoms with Crippen molar-refractivity contribution in [1.82, 2.24) is 9.78 Å². The maximum absolute atomic E-state index is 12.8. The van der Waals surface area contributed by atoms with E-state index in [4.69, 9.17) is 4.74 Å². The molecule has 1 aromatic heterocycles. The average molecular weight is 410 g/mol. The number of aromatic nitrogens is 2. The highest BCUT2D eigenvalue weighted by molar-refractivity contribution is 7.83. The normalized spacial score (nSPS) is 15.2. The van der Waals surface area contributed by atoms with Crippen molar-refractivity contribution in [2.45, 2.75) is 31.8 Å². The molecule has 4 rings (SSSR count). The minimum Gasteiger partial charge on any atom is -0.497 e. The van der Waals surface area contributed by atoms with Gasteiger partial charge in [-0.2, -0.15) is 5.10 Å². The van der Waals surface area contributed by atoms with Gasteiger partial charge in [-0.3, -0.25) is 9.00 Å². The van der Waals surface area contributed by atoms with Crippen LogP contribution in [-0.2, 0) is 33.5 Å². The van der Waals surface area contributed by atoms with Crippen LogP contribution in [0.5, 0.6) is 5.75 Å². The summed E-state index contributed by atoms with van der Waals surface area (Å²) in [5, 5.41) is 7.70. The number of aryl methyl sites for hydroxylation is 2. The van der Waals surface area contributed by atoms with Gasteiger partial charge in [0.25, 0.3) is 0 Å². The summed E-state index contributed by atoms with van der Waals surface area (Å²) in [6, 6.07) is 13.5. The minimum absolute atomic E-state index is 0.137. The van der Waals surface area contributed by atoms with Crippen LogP contribution in [0.25, 0.3) is 5.69 Å². The Morgan fingerprint density at radius 1 is 1.17 bits per heavy atom. The van der Waals surface area contributed by atoms with Gasteiger partial charge in [-0.25, -0.2) is 4.68 Å². The molecule has 1 amide bonds. The molecule has 0 saturated carbocycles. The smallest absolute Gasteiger partial charge is 0.229 e. The van der Waals surface area contributed by atoms with Crippen molar-refractivity contribution < 1.29 is 13.7 Å². The van der Waals surface area contributed by atoms with E-state index in [9.17, 15) is 9.00 Å². The summed E-state index contributed by atoms with van der Waals surface area (Å²) < 4.78 is 19.0. The number of fused-ring (bicyclic) bond motifs is 1. The van der Waals surface area contributed by atoms with Crippen molar-refractivity contribution >= 4 is 22.5 Å². The van der Waals surface area contributed by atoms with Gasteiger partial charge in [-0.05, 0) is 43.2 Å². The monoisotopic (exact) mass is 409 g/mol. The molecular weight excluding hydrogens is 386 g/mol. The van der Waals surface area contributed by atoms with Crippen molar-refractivity contribution in [2.24, 2.45) is 0 Å². The molecule has 7 heteroatoms. The van der Waals surface area contributed by atoms with Gasteiger partial charge in [0.2, 0.25) is 5.91 Å². The lowest BCUT2D eigenvalue weighted by atomic mass is 10.1. The van der Waals surface area contributed by atoms with Gasteiger partial charge in [-0.1, -0.05) is 29.8 Å². The number of ether oxygens (including phenoxy) is 1. The van der Waals surface area contributed by atoms with E-state index in [1.807, 2.05) is 50.2 Å². The average Bonchev–Trinajstić information content (AvgIpc) is 3.19. The van der Waals surface area contributed by atoms with E-state index in [2.05, 4.69) is 16.5 Å². The van der Waals surface area contributed by atoms with Crippen LogP contribution >= 0.6 is 0 Å². The molecule has 6 nitrogen and oxygen atoms in total. The summed E-state index contributed by atoms with van der Waals surface area (Å²) in [4.78, 5) is 12.8. The summed E-state index contributed by atoms with van der Waals surface area (Å²) in [6.45, 7) is 4.07. The van der Waals surface area contributed by atoms with E-state index in [-0.39, 0.29) is 12.3 Å². The molecule has 0 aliphatic carbocycles. The second kappa shape index (κ2) is 7.83. The van der Waals surface area contributed by atoms with Gasteiger partial charge in [0.15, 0.2) is 0 Å². The van der Waals surface area contributed by atoms with E-state index in [1.54, 1.807) is 11.8 Å². The first-order valence-electron chi connectivity index (χ1n) is 9.40. The Balaban J connectivity index is 1.65. The van der Waals surface area contributed by atoms with Crippen LogP contribution in [0.3, 0.4) is 0 Å². The van der Waals surface area contributed by atoms with E-state index in [1.165, 1.54) is 0 Å². The Kier molecular flexibility index (Phi) is 5.24. The number of nitrogens with one attached hydrogen (secondary N) is 1. The number of nitrogens with zero attached hydrogens (tertiary/aromatic N) is 2. The second-order valence-corrected chi connectivity index (χ2v) is 8.73. The number of carbonyl (C=O) groups excluding carboxylic acids is 1. The summed E-state index contributed by atoms with van der Waals surface area (Å²) >= 11 is 0. The van der Waals surface area contributed by atoms with Gasteiger partial charge in [0.05, 0.1) is 36.4 Å². The van der Waals surface area contributed by atoms with Crippen LogP contribution in [0.15, 0.2) is 42.5 Å². The summed E-state index contributed by atoms with van der Waals surface area (Å²) in [7, 11) is 0.642. The maximum atomic E-state index is 12.8. The number of hydrogen-bond acceptors (Lipinski definition) is 4. The van der Waals surface area contributed by atoms with Crippen molar-refractivity contribution in [3.63, 3.8) is 0 Å². The predicted molar refractivity (Wildman–Crippen MR) is 114 cm³/mol. The largest absolute Gasteiger partial charge is 0.497 e. The van der Waals surface area contributed by atoms with E-state index in [0.717, 1.165) is 39.4 Å². The minimum atomic E-state index is -0.970. The number of carbonyl (C=O) groups is 1. The van der Waals surface area contributed by atoms with Gasteiger partial charge in [-0.15, -0.1) is 0 Å². The molecule has 1 N–H and O–H groups in total. The standard InChI is InChI=1S/C22H23N3O3S/c1-14-4-9-20(15(2)10-14)25-22(18-12-29(27)13-19(18)24-25)23-21(26)11-16-5-7-17(28-3)8-6-16/h4-10H,11-13H2,1-3H3,(H,23,26). The SMILES string of the molecule is COc1ccc(CC(=O)Nc2c3c(nn2-c2ccc(C)cc2C)CS(=O)C3)cc1. The first-order chi connectivity index (χ1) is 13.9. The van der Waals surface area contributed by atoms with Crippen molar-refractivity contribution in [2.75, 3.05) is 12.4 Å². The van der Waals surface area contributed by atoms with Crippen LogP contribution in [0.4, 0.5) is 5.82 Å². The van der Waals surface area contributed by atoms with E-state index in [0.29, 0.717) is 17.3 Å². The molecular formula is C22H23N3O3S. The Labute approximate surface area is 172 Å². The van der Waals surface area contributed by atoms with Gasteiger partial charge in [0, 0.05) is 16.4 Å². The highest BCUT2D eigenvalue weighted by Crippen LogP contribution is 2.32. The van der Waals surface area contributed by atoms with Crippen molar-refractivity contribution in [3.8, 4) is 11.4 Å². The molecule has 3 aromatic rings. The topological polar surface area (TPSA) is 73.2 Å². The molecule has 2 aromatic carbocycles. The summed E-state index contributed by atoms with van der Waals surface area (Å²) in [5.74, 6) is 2.08. The second-order valence-electron chi connectivity index (χ2n) is 7.28. The zero-order chi connectivity index (χ0) is 20.5. The fourth-order valence-electron chi connectivity index (χ4n) is 3.58. The zero-order valence-electron chi connectivity index (χ0n) is 16.7. The van der Waals surface area contributed by atoms with Crippen LogP contribution in [-0.4, -0.2) is 27.0 Å². The van der Waals surface area contributed by atoms with E-state index < -0.39 is 10.8 Å². The molecule has 2 heterocycles. The van der Waals surface area contributed by atoms with Crippen LogP contribution in [0.2, 0.25) is 0 Å². The lowest BCUT2D eigenvalue weighted by Gasteiger charge is -2.13. The number of anilines is 1. The molecule has 1 aliphatic rings. The number of benzene rings is 2. The molecule has 150 valence electrons. The fraction of sp³-hybridized carbons (Fsp3) is 0.273. The Morgan fingerprint density at radius 3 is 2.62 bits per heavy atom. The predicted octanol–water partition coefficient (Wildman–Crippen LogP) is 3.44. The molecule has 1 unspecified atom stereocenters. The Bertz CT molecular complexity index is 1100. The Hall–Kier alpha value is -2.93. The van der Waals surface area contributed by atoms with Gasteiger partial charge >= 0.3 is 0 Å². The van der Waals surface area contributed by atoms with Crippen LogP contribution < -0.4 is 10.1 Å². The van der Waals surface area contributed by atoms with Gasteiger partial charge in [0.1, 0.15) is 11.6 Å². The third-order valence-corrected chi connectivity index (χ3v) is 6.24. The number of hydrogen-bond donors (Lipinski definition) is 1. The van der Waals surface area contributed by atoms with Gasteiger partial charge < -0.3 is 10.1 Å². The molecule has 1 aliphatic heterocycles. The van der Waals surface area contributed by atoms with Crippen molar-refractivity contribution in [3.05, 3.63) is 70.4 Å². The van der Waals surface area contributed by atoms with Crippen molar-refractivity contribution in [1.29, 1.82) is 0 Å². The molecule has 0 fully saturated rings. The first kappa shape index (κ1) is 19.4. The summed E-state index contributed by atoms with van der Waals surface area (Å²) in [6.07, 6.45) is 0.236. The van der Waals surface area contributed by atoms with Crippen LogP contribution in [0, 0.1) is 13.8 Å². The highest BCUT2D eigenvalue weighted by atomic mass is 32.2. The lowest BCUT2D eigenvalue weighted by molar-refractivity contribution is -0.115.